The van der Waals surface area contributed by atoms with E-state index in [9.17, 15) is 71.2 Å². The zero-order valence-electron chi connectivity index (χ0n) is 30.6. The number of carbonyl (C=O) groups is 1. The Morgan fingerprint density at radius 3 is 1.71 bits per heavy atom. The Balaban J connectivity index is 1.40. The van der Waals surface area contributed by atoms with Gasteiger partial charge in [0.25, 0.3) is 0 Å². The van der Waals surface area contributed by atoms with E-state index in [2.05, 4.69) is 5.32 Å². The molecule has 0 aromatic carbocycles. The average molecular weight is 822 g/mol. The first-order chi connectivity index (χ1) is 26.4. The Bertz CT molecular complexity index is 1250. The lowest BCUT2D eigenvalue weighted by atomic mass is 9.94. The van der Waals surface area contributed by atoms with Crippen molar-refractivity contribution in [3.63, 3.8) is 0 Å². The van der Waals surface area contributed by atoms with Crippen LogP contribution in [-0.2, 0) is 47.4 Å². The number of carbonyl (C=O) groups excluding carboxylic acids is 1. The molecule has 0 aliphatic carbocycles. The minimum absolute atomic E-state index is 0.0657. The SMILES string of the molecule is CC(=O)N[C@H]1[C@H](O[C@H]2[C@@H](O[C@@H]3O[C@H]([C@@H](C)O)C[C@H]3O)[C@H](O)[C@@H](CO)O[C@@H]2O)O[C@H](CO)[C@H](O)[C@@H]1O[C@@H]1O[C@@H](C)[C@@H](O)[C@@H](O[C@H]2O[C@H](CO)[C@@H](O)[C@H](O)[C@@H]2O)[C@@H]1O. The summed E-state index contributed by atoms with van der Waals surface area (Å²) < 4.78 is 51.3. The van der Waals surface area contributed by atoms with Gasteiger partial charge in [-0.1, -0.05) is 0 Å². The van der Waals surface area contributed by atoms with Crippen molar-refractivity contribution < 1.29 is 114 Å². The molecule has 0 bridgehead atoms. The van der Waals surface area contributed by atoms with Gasteiger partial charge in [-0.25, -0.2) is 0 Å². The summed E-state index contributed by atoms with van der Waals surface area (Å²) in [5.74, 6) is -0.756. The molecule has 0 aromatic heterocycles. The van der Waals surface area contributed by atoms with Crippen LogP contribution in [-0.4, -0.2) is 239 Å². The first-order valence-corrected chi connectivity index (χ1v) is 18.2. The fraction of sp³-hybridized carbons (Fsp3) is 0.969. The molecule has 5 saturated heterocycles. The van der Waals surface area contributed by atoms with Gasteiger partial charge in [-0.05, 0) is 13.8 Å². The molecule has 5 fully saturated rings. The summed E-state index contributed by atoms with van der Waals surface area (Å²) in [5.41, 5.74) is 0. The predicted molar refractivity (Wildman–Crippen MR) is 174 cm³/mol. The van der Waals surface area contributed by atoms with Gasteiger partial charge in [-0.3, -0.25) is 4.79 Å². The molecule has 0 radical (unpaired) electrons. The number of ether oxygens (including phenoxy) is 9. The molecule has 24 atom stereocenters. The van der Waals surface area contributed by atoms with Gasteiger partial charge in [0.2, 0.25) is 5.91 Å². The van der Waals surface area contributed by atoms with Gasteiger partial charge in [-0.2, -0.15) is 0 Å². The minimum Gasteiger partial charge on any atom is -0.394 e. The molecular formula is C32H55NO23. The van der Waals surface area contributed by atoms with Crippen LogP contribution in [0.4, 0.5) is 0 Å². The van der Waals surface area contributed by atoms with Crippen LogP contribution in [0.5, 0.6) is 0 Å². The topological polar surface area (TPSA) is 375 Å². The molecule has 0 aromatic rings. The molecule has 0 spiro atoms. The van der Waals surface area contributed by atoms with Crippen LogP contribution in [0.3, 0.4) is 0 Å². The van der Waals surface area contributed by atoms with Crippen molar-refractivity contribution in [3.05, 3.63) is 0 Å². The zero-order chi connectivity index (χ0) is 41.3. The molecule has 5 aliphatic heterocycles. The minimum atomic E-state index is -2.00. The van der Waals surface area contributed by atoms with E-state index in [1.807, 2.05) is 0 Å². The molecule has 0 unspecified atom stereocenters. The lowest BCUT2D eigenvalue weighted by molar-refractivity contribution is -0.383. The van der Waals surface area contributed by atoms with Gasteiger partial charge >= 0.3 is 0 Å². The van der Waals surface area contributed by atoms with Crippen LogP contribution < -0.4 is 5.32 Å². The Kier molecular flexibility index (Phi) is 15.8. The molecule has 5 aliphatic rings. The predicted octanol–water partition coefficient (Wildman–Crippen LogP) is -8.70. The highest BCUT2D eigenvalue weighted by Gasteiger charge is 2.56. The quantitative estimate of drug-likeness (QED) is 0.0820. The smallest absolute Gasteiger partial charge is 0.217 e. The normalized spacial score (nSPS) is 50.8. The zero-order valence-corrected chi connectivity index (χ0v) is 30.6. The van der Waals surface area contributed by atoms with Crippen molar-refractivity contribution in [2.45, 2.75) is 175 Å². The van der Waals surface area contributed by atoms with Crippen molar-refractivity contribution >= 4 is 5.91 Å². The van der Waals surface area contributed by atoms with Crippen molar-refractivity contribution in [1.82, 2.24) is 5.32 Å². The maximum absolute atomic E-state index is 12.6. The highest BCUT2D eigenvalue weighted by Crippen LogP contribution is 2.36. The van der Waals surface area contributed by atoms with Gasteiger partial charge in [0, 0.05) is 13.3 Å². The van der Waals surface area contributed by atoms with E-state index >= 15 is 0 Å². The first kappa shape index (κ1) is 45.7. The van der Waals surface area contributed by atoms with Gasteiger partial charge in [0.05, 0.1) is 38.1 Å². The maximum Gasteiger partial charge on any atom is 0.217 e. The number of nitrogens with one attached hydrogen (secondary N) is 1. The highest BCUT2D eigenvalue weighted by atomic mass is 16.8. The molecule has 5 rings (SSSR count). The number of aliphatic hydroxyl groups excluding tert-OH is 13. The number of hydrogen-bond acceptors (Lipinski definition) is 23. The van der Waals surface area contributed by atoms with Crippen LogP contribution >= 0.6 is 0 Å². The third-order valence-corrected chi connectivity index (χ3v) is 10.5. The van der Waals surface area contributed by atoms with E-state index in [1.165, 1.54) is 13.8 Å². The summed E-state index contributed by atoms with van der Waals surface area (Å²) in [7, 11) is 0. The Labute approximate surface area is 319 Å². The van der Waals surface area contributed by atoms with E-state index in [4.69, 9.17) is 42.6 Å². The molecule has 5 heterocycles. The molecule has 14 N–H and O–H groups in total. The summed E-state index contributed by atoms with van der Waals surface area (Å²) in [6, 6.07) is -1.61. The molecule has 326 valence electrons. The summed E-state index contributed by atoms with van der Waals surface area (Å²) >= 11 is 0. The molecule has 1 amide bonds. The lowest BCUT2D eigenvalue weighted by Gasteiger charge is -2.50. The summed E-state index contributed by atoms with van der Waals surface area (Å²) in [6.07, 6.45) is -37.5. The van der Waals surface area contributed by atoms with Crippen LogP contribution in [0, 0.1) is 0 Å². The van der Waals surface area contributed by atoms with E-state index in [-0.39, 0.29) is 6.42 Å². The number of amides is 1. The van der Waals surface area contributed by atoms with Gasteiger partial charge in [0.1, 0.15) is 97.6 Å². The molecule has 0 saturated carbocycles. The molecular weight excluding hydrogens is 766 g/mol. The Hall–Kier alpha value is -1.41. The van der Waals surface area contributed by atoms with Gasteiger partial charge in [-0.15, -0.1) is 0 Å². The largest absolute Gasteiger partial charge is 0.394 e. The number of rotatable bonds is 13. The summed E-state index contributed by atoms with van der Waals surface area (Å²) in [4.78, 5) is 12.6. The lowest BCUT2D eigenvalue weighted by Crippen LogP contribution is -2.70. The fourth-order valence-corrected chi connectivity index (χ4v) is 7.26. The standard InChI is InChI=1S/C32H55NO23/c1-8(37)12-4-11(39)29(50-12)55-26-20(43)14(6-35)49-28(47)27(26)56-30-16(33-10(3)38)24(19(42)15(7-36)51-30)53-32-23(46)25(17(40)9(2)48-32)54-31-22(45)21(44)18(41)13(5-34)52-31/h8-9,11-32,34-37,39-47H,4-7H2,1-3H3,(H,33,38)/t8-,9+,11-,12+,13-,14-,15-,16-,17-,18-,19+,20-,21+,22+,23+,24-,25-,26+,27+,28+,29+,30+,31-,32+/m1/s1. The van der Waals surface area contributed by atoms with Crippen LogP contribution in [0.2, 0.25) is 0 Å². The molecule has 24 nitrogen and oxygen atoms in total. The van der Waals surface area contributed by atoms with Gasteiger partial charge < -0.3 is 114 Å². The van der Waals surface area contributed by atoms with E-state index in [0.29, 0.717) is 0 Å². The van der Waals surface area contributed by atoms with E-state index < -0.39 is 173 Å². The summed E-state index contributed by atoms with van der Waals surface area (Å²) in [6.45, 7) is 1.32. The van der Waals surface area contributed by atoms with E-state index in [0.717, 1.165) is 6.92 Å². The van der Waals surface area contributed by atoms with Crippen LogP contribution in [0.15, 0.2) is 0 Å². The average Bonchev–Trinajstić information content (AvgIpc) is 3.53. The second-order valence-corrected chi connectivity index (χ2v) is 14.6. The first-order valence-electron chi connectivity index (χ1n) is 18.2. The molecule has 24 heteroatoms. The van der Waals surface area contributed by atoms with E-state index in [1.54, 1.807) is 0 Å². The fourth-order valence-electron chi connectivity index (χ4n) is 7.26. The second-order valence-electron chi connectivity index (χ2n) is 14.6. The van der Waals surface area contributed by atoms with Crippen molar-refractivity contribution in [2.24, 2.45) is 0 Å². The third kappa shape index (κ3) is 9.63. The highest BCUT2D eigenvalue weighted by molar-refractivity contribution is 5.73. The monoisotopic (exact) mass is 821 g/mol. The van der Waals surface area contributed by atoms with Crippen molar-refractivity contribution in [1.29, 1.82) is 0 Å². The van der Waals surface area contributed by atoms with Crippen molar-refractivity contribution in [3.8, 4) is 0 Å². The van der Waals surface area contributed by atoms with Crippen LogP contribution in [0.1, 0.15) is 27.2 Å². The number of hydrogen-bond donors (Lipinski definition) is 14. The van der Waals surface area contributed by atoms with Crippen molar-refractivity contribution in [2.75, 3.05) is 19.8 Å². The maximum atomic E-state index is 12.6. The Morgan fingerprint density at radius 1 is 0.607 bits per heavy atom. The molecule has 56 heavy (non-hydrogen) atoms. The Morgan fingerprint density at radius 2 is 1.12 bits per heavy atom. The van der Waals surface area contributed by atoms with Gasteiger partial charge in [0.15, 0.2) is 31.5 Å². The van der Waals surface area contributed by atoms with Crippen LogP contribution in [0.25, 0.3) is 0 Å². The number of aliphatic hydroxyl groups is 13. The second kappa shape index (κ2) is 19.3. The summed E-state index contributed by atoms with van der Waals surface area (Å²) in [5, 5.41) is 139. The third-order valence-electron chi connectivity index (χ3n) is 10.5.